The average molecular weight is 169 g/mol. The number of carbonyl (C=O) groups is 1. The second-order valence-corrected chi connectivity index (χ2v) is 3.70. The molecule has 0 aliphatic carbocycles. The van der Waals surface area contributed by atoms with Crippen LogP contribution in [-0.4, -0.2) is 29.4 Å². The van der Waals surface area contributed by atoms with Crippen molar-refractivity contribution in [3.63, 3.8) is 0 Å². The highest BCUT2D eigenvalue weighted by Gasteiger charge is 2.39. The molecule has 2 saturated heterocycles. The van der Waals surface area contributed by atoms with Crippen LogP contribution in [0.5, 0.6) is 0 Å². The fourth-order valence-electron chi connectivity index (χ4n) is 2.49. The van der Waals surface area contributed by atoms with E-state index in [-0.39, 0.29) is 5.91 Å². The van der Waals surface area contributed by atoms with Crippen LogP contribution >= 0.6 is 0 Å². The van der Waals surface area contributed by atoms with Gasteiger partial charge in [-0.05, 0) is 25.7 Å². The molecule has 2 fully saturated rings. The first-order chi connectivity index (χ1) is 5.81. The van der Waals surface area contributed by atoms with Crippen molar-refractivity contribution in [1.29, 1.82) is 0 Å². The summed E-state index contributed by atoms with van der Waals surface area (Å²) in [5, 5.41) is 0. The van der Waals surface area contributed by atoms with Gasteiger partial charge in [0, 0.05) is 12.1 Å². The highest BCUT2D eigenvalue weighted by atomic mass is 16.2. The molecule has 2 heterocycles. The third-order valence-electron chi connectivity index (χ3n) is 3.09. The number of fused-ring (bicyclic) bond motifs is 2. The zero-order valence-electron chi connectivity index (χ0n) is 7.12. The predicted octanol–water partition coefficient (Wildman–Crippen LogP) is -0.397. The molecule has 0 radical (unpaired) electrons. The maximum atomic E-state index is 11.0. The van der Waals surface area contributed by atoms with Crippen LogP contribution < -0.4 is 11.3 Å². The van der Waals surface area contributed by atoms with E-state index in [0.29, 0.717) is 18.6 Å². The first-order valence-electron chi connectivity index (χ1n) is 4.56. The minimum Gasteiger partial charge on any atom is -0.293 e. The van der Waals surface area contributed by atoms with Crippen LogP contribution in [0.2, 0.25) is 0 Å². The summed E-state index contributed by atoms with van der Waals surface area (Å²) in [7, 11) is 0. The summed E-state index contributed by atoms with van der Waals surface area (Å²) in [5.74, 6) is 4.97. The number of nitrogens with zero attached hydrogens (tertiary/aromatic N) is 1. The molecule has 2 aliphatic heterocycles. The third kappa shape index (κ3) is 1.21. The normalized spacial score (nSPS) is 34.1. The number of carbonyl (C=O) groups excluding carboxylic acids is 1. The summed E-state index contributed by atoms with van der Waals surface area (Å²) in [6, 6.07) is 1.32. The molecule has 0 aromatic heterocycles. The number of nitrogens with two attached hydrogens (primary N) is 1. The summed E-state index contributed by atoms with van der Waals surface area (Å²) in [4.78, 5) is 13.3. The SMILES string of the molecule is NNC(=O)CN1C2CCC1CC2. The van der Waals surface area contributed by atoms with Gasteiger partial charge in [0.15, 0.2) is 0 Å². The number of hydrogen-bond donors (Lipinski definition) is 2. The second kappa shape index (κ2) is 3.03. The molecule has 0 aromatic carbocycles. The van der Waals surface area contributed by atoms with Crippen molar-refractivity contribution in [3.8, 4) is 0 Å². The number of rotatable bonds is 2. The van der Waals surface area contributed by atoms with Gasteiger partial charge in [-0.3, -0.25) is 15.1 Å². The van der Waals surface area contributed by atoms with Gasteiger partial charge in [-0.1, -0.05) is 0 Å². The Morgan fingerprint density at radius 1 is 1.33 bits per heavy atom. The molecule has 2 bridgehead atoms. The van der Waals surface area contributed by atoms with E-state index in [1.54, 1.807) is 0 Å². The van der Waals surface area contributed by atoms with Gasteiger partial charge in [-0.15, -0.1) is 0 Å². The fourth-order valence-corrected chi connectivity index (χ4v) is 2.49. The Morgan fingerprint density at radius 2 is 1.83 bits per heavy atom. The largest absolute Gasteiger partial charge is 0.293 e. The van der Waals surface area contributed by atoms with E-state index >= 15 is 0 Å². The monoisotopic (exact) mass is 169 g/mol. The van der Waals surface area contributed by atoms with Crippen molar-refractivity contribution in [2.75, 3.05) is 6.54 Å². The summed E-state index contributed by atoms with van der Waals surface area (Å²) in [5.41, 5.74) is 2.18. The molecule has 12 heavy (non-hydrogen) atoms. The van der Waals surface area contributed by atoms with Crippen molar-refractivity contribution in [3.05, 3.63) is 0 Å². The van der Waals surface area contributed by atoms with E-state index in [0.717, 1.165) is 0 Å². The summed E-state index contributed by atoms with van der Waals surface area (Å²) in [6.07, 6.45) is 5.07. The Hall–Kier alpha value is -0.610. The van der Waals surface area contributed by atoms with Gasteiger partial charge in [0.2, 0.25) is 5.91 Å². The molecule has 4 heteroatoms. The van der Waals surface area contributed by atoms with E-state index in [9.17, 15) is 4.79 Å². The van der Waals surface area contributed by atoms with Crippen molar-refractivity contribution in [2.45, 2.75) is 37.8 Å². The summed E-state index contributed by atoms with van der Waals surface area (Å²) in [6.45, 7) is 0.492. The van der Waals surface area contributed by atoms with E-state index in [1.165, 1.54) is 25.7 Å². The first kappa shape index (κ1) is 8.01. The second-order valence-electron chi connectivity index (χ2n) is 3.70. The van der Waals surface area contributed by atoms with Gasteiger partial charge in [0.25, 0.3) is 0 Å². The molecule has 1 amide bonds. The average Bonchev–Trinajstić information content (AvgIpc) is 2.65. The van der Waals surface area contributed by atoms with Crippen molar-refractivity contribution in [1.82, 2.24) is 10.3 Å². The highest BCUT2D eigenvalue weighted by Crippen LogP contribution is 2.36. The minimum absolute atomic E-state index is 0.0613. The Kier molecular flexibility index (Phi) is 2.02. The van der Waals surface area contributed by atoms with Crippen LogP contribution in [0.15, 0.2) is 0 Å². The molecule has 0 atom stereocenters. The van der Waals surface area contributed by atoms with E-state index < -0.39 is 0 Å². The third-order valence-corrected chi connectivity index (χ3v) is 3.09. The highest BCUT2D eigenvalue weighted by molar-refractivity contribution is 5.77. The molecule has 68 valence electrons. The number of hydrogen-bond acceptors (Lipinski definition) is 3. The molecular formula is C8H15N3O. The number of hydrazine groups is 1. The van der Waals surface area contributed by atoms with Gasteiger partial charge in [0.1, 0.15) is 0 Å². The Morgan fingerprint density at radius 3 is 2.25 bits per heavy atom. The Balaban J connectivity index is 1.92. The molecule has 3 N–H and O–H groups in total. The number of amides is 1. The lowest BCUT2D eigenvalue weighted by Crippen LogP contribution is -2.42. The van der Waals surface area contributed by atoms with Crippen LogP contribution in [0, 0.1) is 0 Å². The van der Waals surface area contributed by atoms with Crippen LogP contribution in [-0.2, 0) is 4.79 Å². The smallest absolute Gasteiger partial charge is 0.248 e. The molecule has 2 aliphatic rings. The van der Waals surface area contributed by atoms with Gasteiger partial charge >= 0.3 is 0 Å². The minimum atomic E-state index is -0.0613. The zero-order chi connectivity index (χ0) is 8.55. The summed E-state index contributed by atoms with van der Waals surface area (Å²) < 4.78 is 0. The lowest BCUT2D eigenvalue weighted by atomic mass is 10.0. The van der Waals surface area contributed by atoms with E-state index in [4.69, 9.17) is 5.84 Å². The lowest BCUT2D eigenvalue weighted by molar-refractivity contribution is -0.122. The molecule has 0 unspecified atom stereocenters. The van der Waals surface area contributed by atoms with Gasteiger partial charge in [-0.2, -0.15) is 0 Å². The van der Waals surface area contributed by atoms with Gasteiger partial charge in [0.05, 0.1) is 6.54 Å². The molecule has 0 saturated carbocycles. The molecule has 4 nitrogen and oxygen atoms in total. The maximum Gasteiger partial charge on any atom is 0.248 e. The molecular weight excluding hydrogens is 154 g/mol. The standard InChI is InChI=1S/C8H15N3O/c9-10-8(12)5-11-6-1-2-7(11)4-3-6/h6-7H,1-5,9H2,(H,10,12). The Labute approximate surface area is 72.1 Å². The van der Waals surface area contributed by atoms with Crippen molar-refractivity contribution >= 4 is 5.91 Å². The quantitative estimate of drug-likeness (QED) is 0.336. The van der Waals surface area contributed by atoms with Crippen LogP contribution in [0.25, 0.3) is 0 Å². The van der Waals surface area contributed by atoms with E-state index in [2.05, 4.69) is 10.3 Å². The first-order valence-corrected chi connectivity index (χ1v) is 4.56. The number of nitrogens with one attached hydrogen (secondary N) is 1. The summed E-state index contributed by atoms with van der Waals surface area (Å²) >= 11 is 0. The lowest BCUT2D eigenvalue weighted by Gasteiger charge is -2.19. The predicted molar refractivity (Wildman–Crippen MR) is 45.1 cm³/mol. The van der Waals surface area contributed by atoms with Crippen molar-refractivity contribution in [2.24, 2.45) is 5.84 Å². The molecule has 0 spiro atoms. The maximum absolute atomic E-state index is 11.0. The van der Waals surface area contributed by atoms with E-state index in [1.807, 2.05) is 0 Å². The van der Waals surface area contributed by atoms with Gasteiger partial charge in [-0.25, -0.2) is 5.84 Å². The molecule has 2 rings (SSSR count). The molecule has 0 aromatic rings. The zero-order valence-corrected chi connectivity index (χ0v) is 7.12. The Bertz CT molecular complexity index is 175. The van der Waals surface area contributed by atoms with Gasteiger partial charge < -0.3 is 0 Å². The topological polar surface area (TPSA) is 58.4 Å². The van der Waals surface area contributed by atoms with Crippen LogP contribution in [0.1, 0.15) is 25.7 Å². The van der Waals surface area contributed by atoms with Crippen molar-refractivity contribution < 1.29 is 4.79 Å². The van der Waals surface area contributed by atoms with Crippen LogP contribution in [0.4, 0.5) is 0 Å². The van der Waals surface area contributed by atoms with Crippen LogP contribution in [0.3, 0.4) is 0 Å². The fraction of sp³-hybridized carbons (Fsp3) is 0.875.